The number of nitrogens with one attached hydrogen (secondary N) is 1. The van der Waals surface area contributed by atoms with E-state index in [0.29, 0.717) is 21.5 Å². The van der Waals surface area contributed by atoms with Crippen LogP contribution in [0.15, 0.2) is 21.7 Å². The topological polar surface area (TPSA) is 112 Å². The first kappa shape index (κ1) is 17.8. The Morgan fingerprint density at radius 2 is 2.18 bits per heavy atom. The minimum atomic E-state index is -0.767. The number of nitrogens with zero attached hydrogens (tertiary/aromatic N) is 1. The van der Waals surface area contributed by atoms with Gasteiger partial charge in [0.2, 0.25) is 0 Å². The Kier molecular flexibility index (Phi) is 7.17. The number of carbonyl (C=O) groups is 2. The molecule has 0 heterocycles. The second-order valence-electron chi connectivity index (χ2n) is 3.86. The third-order valence-corrected chi connectivity index (χ3v) is 2.87. The van der Waals surface area contributed by atoms with E-state index in [1.54, 1.807) is 19.1 Å². The second kappa shape index (κ2) is 8.88. The average Bonchev–Trinajstić information content (AvgIpc) is 2.45. The number of hydrogen-bond acceptors (Lipinski definition) is 6. The standard InChI is InChI=1S/C13H16BrN3O5/c1-3-21-11(18)7-22-12-9(14)4-8(5-10(12)20-2)6-16-17-13(15)19/h4-6H,3,7H2,1-2H3,(H3,15,17,19). The van der Waals surface area contributed by atoms with Gasteiger partial charge in [0.25, 0.3) is 0 Å². The van der Waals surface area contributed by atoms with Crippen LogP contribution >= 0.6 is 15.9 Å². The van der Waals surface area contributed by atoms with Crippen molar-refractivity contribution >= 4 is 34.1 Å². The van der Waals surface area contributed by atoms with Crippen LogP contribution in [-0.4, -0.2) is 38.5 Å². The molecular formula is C13H16BrN3O5. The van der Waals surface area contributed by atoms with Crippen molar-refractivity contribution < 1.29 is 23.8 Å². The van der Waals surface area contributed by atoms with E-state index >= 15 is 0 Å². The molecule has 0 saturated heterocycles. The highest BCUT2D eigenvalue weighted by molar-refractivity contribution is 9.10. The lowest BCUT2D eigenvalue weighted by molar-refractivity contribution is -0.145. The lowest BCUT2D eigenvalue weighted by Gasteiger charge is -2.12. The molecule has 0 fully saturated rings. The SMILES string of the molecule is CCOC(=O)COc1c(Br)cc(C=NNC(N)=O)cc1OC. The zero-order valence-corrected chi connectivity index (χ0v) is 13.7. The van der Waals surface area contributed by atoms with E-state index < -0.39 is 12.0 Å². The van der Waals surface area contributed by atoms with Gasteiger partial charge in [-0.2, -0.15) is 5.10 Å². The van der Waals surface area contributed by atoms with E-state index in [2.05, 4.69) is 26.5 Å². The minimum Gasteiger partial charge on any atom is -0.493 e. The quantitative estimate of drug-likeness (QED) is 0.426. The van der Waals surface area contributed by atoms with Gasteiger partial charge >= 0.3 is 12.0 Å². The largest absolute Gasteiger partial charge is 0.493 e. The molecule has 0 radical (unpaired) electrons. The number of hydrazone groups is 1. The van der Waals surface area contributed by atoms with Crippen LogP contribution in [0.3, 0.4) is 0 Å². The van der Waals surface area contributed by atoms with Gasteiger partial charge < -0.3 is 19.9 Å². The third kappa shape index (κ3) is 5.60. The number of primary amides is 1. The van der Waals surface area contributed by atoms with E-state index in [0.717, 1.165) is 0 Å². The molecule has 0 aromatic heterocycles. The van der Waals surface area contributed by atoms with Gasteiger partial charge in [0.1, 0.15) is 0 Å². The molecule has 0 spiro atoms. The molecule has 0 atom stereocenters. The maximum absolute atomic E-state index is 11.3. The van der Waals surface area contributed by atoms with Crippen LogP contribution in [0.5, 0.6) is 11.5 Å². The summed E-state index contributed by atoms with van der Waals surface area (Å²) in [6.45, 7) is 1.75. The van der Waals surface area contributed by atoms with E-state index in [9.17, 15) is 9.59 Å². The number of methoxy groups -OCH3 is 1. The van der Waals surface area contributed by atoms with Crippen LogP contribution in [0.25, 0.3) is 0 Å². The highest BCUT2D eigenvalue weighted by atomic mass is 79.9. The smallest absolute Gasteiger partial charge is 0.344 e. The summed E-state index contributed by atoms with van der Waals surface area (Å²) in [6.07, 6.45) is 1.38. The summed E-state index contributed by atoms with van der Waals surface area (Å²) in [6, 6.07) is 2.53. The molecule has 0 aliphatic rings. The molecule has 2 amide bonds. The van der Waals surface area contributed by atoms with Crippen LogP contribution in [0.1, 0.15) is 12.5 Å². The molecule has 1 rings (SSSR count). The third-order valence-electron chi connectivity index (χ3n) is 2.28. The van der Waals surface area contributed by atoms with Crippen molar-refractivity contribution in [3.63, 3.8) is 0 Å². The number of benzene rings is 1. The maximum atomic E-state index is 11.3. The fourth-order valence-corrected chi connectivity index (χ4v) is 2.03. The van der Waals surface area contributed by atoms with Gasteiger partial charge in [-0.05, 0) is 40.5 Å². The summed E-state index contributed by atoms with van der Waals surface area (Å²) in [5.74, 6) is 0.266. The Morgan fingerprint density at radius 1 is 1.45 bits per heavy atom. The van der Waals surface area contributed by atoms with Crippen LogP contribution in [0, 0.1) is 0 Å². The lowest BCUT2D eigenvalue weighted by atomic mass is 10.2. The van der Waals surface area contributed by atoms with E-state index in [1.165, 1.54) is 13.3 Å². The molecular weight excluding hydrogens is 358 g/mol. The number of urea groups is 1. The zero-order valence-electron chi connectivity index (χ0n) is 12.1. The number of rotatable bonds is 7. The molecule has 9 heteroatoms. The first-order valence-electron chi connectivity index (χ1n) is 6.22. The molecule has 0 saturated carbocycles. The fraction of sp³-hybridized carbons (Fsp3) is 0.308. The number of hydrogen-bond donors (Lipinski definition) is 2. The van der Waals surface area contributed by atoms with Crippen LogP contribution in [0.4, 0.5) is 4.79 Å². The fourth-order valence-electron chi connectivity index (χ4n) is 1.46. The van der Waals surface area contributed by atoms with Crippen LogP contribution < -0.4 is 20.6 Å². The average molecular weight is 374 g/mol. The molecule has 120 valence electrons. The van der Waals surface area contributed by atoms with Crippen LogP contribution in [0.2, 0.25) is 0 Å². The zero-order chi connectivity index (χ0) is 16.5. The molecule has 0 bridgehead atoms. The van der Waals surface area contributed by atoms with Gasteiger partial charge in [0.15, 0.2) is 18.1 Å². The molecule has 8 nitrogen and oxygen atoms in total. The Morgan fingerprint density at radius 3 is 2.77 bits per heavy atom. The molecule has 22 heavy (non-hydrogen) atoms. The number of ether oxygens (including phenoxy) is 3. The Bertz CT molecular complexity index is 577. The monoisotopic (exact) mass is 373 g/mol. The van der Waals surface area contributed by atoms with Gasteiger partial charge in [-0.25, -0.2) is 15.0 Å². The van der Waals surface area contributed by atoms with Crippen molar-refractivity contribution in [3.05, 3.63) is 22.2 Å². The van der Waals surface area contributed by atoms with Gasteiger partial charge in [0.05, 0.1) is 24.4 Å². The van der Waals surface area contributed by atoms with Gasteiger partial charge in [-0.3, -0.25) is 0 Å². The van der Waals surface area contributed by atoms with E-state index in [1.807, 2.05) is 0 Å². The van der Waals surface area contributed by atoms with Gasteiger partial charge in [0, 0.05) is 0 Å². The van der Waals surface area contributed by atoms with Crippen molar-refractivity contribution in [2.24, 2.45) is 10.8 Å². The second-order valence-corrected chi connectivity index (χ2v) is 4.72. The summed E-state index contributed by atoms with van der Waals surface area (Å²) in [7, 11) is 1.46. The van der Waals surface area contributed by atoms with E-state index in [-0.39, 0.29) is 13.2 Å². The molecule has 0 aliphatic carbocycles. The summed E-state index contributed by atoms with van der Waals surface area (Å²) < 4.78 is 15.9. The number of nitrogens with two attached hydrogens (primary N) is 1. The van der Waals surface area contributed by atoms with Crippen molar-refractivity contribution in [2.45, 2.75) is 6.92 Å². The van der Waals surface area contributed by atoms with Gasteiger partial charge in [-0.1, -0.05) is 0 Å². The first-order chi connectivity index (χ1) is 10.5. The predicted molar refractivity (Wildman–Crippen MR) is 83.1 cm³/mol. The van der Waals surface area contributed by atoms with Crippen molar-refractivity contribution in [1.82, 2.24) is 5.43 Å². The van der Waals surface area contributed by atoms with Crippen molar-refractivity contribution in [3.8, 4) is 11.5 Å². The van der Waals surface area contributed by atoms with E-state index in [4.69, 9.17) is 19.9 Å². The molecule has 1 aromatic carbocycles. The van der Waals surface area contributed by atoms with Crippen molar-refractivity contribution in [2.75, 3.05) is 20.3 Å². The van der Waals surface area contributed by atoms with Crippen molar-refractivity contribution in [1.29, 1.82) is 0 Å². The Labute approximate surface area is 135 Å². The predicted octanol–water partition coefficient (Wildman–Crippen LogP) is 1.40. The Balaban J connectivity index is 2.88. The molecule has 0 aliphatic heterocycles. The molecule has 1 aromatic rings. The molecule has 3 N–H and O–H groups in total. The number of halogens is 1. The summed E-state index contributed by atoms with van der Waals surface area (Å²) in [5, 5.41) is 3.64. The minimum absolute atomic E-state index is 0.237. The summed E-state index contributed by atoms with van der Waals surface area (Å²) >= 11 is 3.32. The van der Waals surface area contributed by atoms with Crippen LogP contribution in [-0.2, 0) is 9.53 Å². The highest BCUT2D eigenvalue weighted by Gasteiger charge is 2.13. The number of esters is 1. The highest BCUT2D eigenvalue weighted by Crippen LogP contribution is 2.36. The first-order valence-corrected chi connectivity index (χ1v) is 7.01. The summed E-state index contributed by atoms with van der Waals surface area (Å²) in [4.78, 5) is 21.9. The lowest BCUT2D eigenvalue weighted by Crippen LogP contribution is -2.24. The number of amides is 2. The Hall–Kier alpha value is -2.29. The maximum Gasteiger partial charge on any atom is 0.344 e. The summed E-state index contributed by atoms with van der Waals surface area (Å²) in [5.41, 5.74) is 7.60. The number of carbonyl (C=O) groups excluding carboxylic acids is 2. The normalized spacial score (nSPS) is 10.3. The molecule has 0 unspecified atom stereocenters. The van der Waals surface area contributed by atoms with Gasteiger partial charge in [-0.15, -0.1) is 0 Å².